The fourth-order valence-corrected chi connectivity index (χ4v) is 2.16. The van der Waals surface area contributed by atoms with E-state index in [1.165, 1.54) is 6.92 Å². The van der Waals surface area contributed by atoms with Crippen LogP contribution in [0.2, 0.25) is 0 Å². The Hall–Kier alpha value is -2.37. The van der Waals surface area contributed by atoms with Gasteiger partial charge in [-0.15, -0.1) is 0 Å². The zero-order valence-electron chi connectivity index (χ0n) is 12.6. The number of aryl methyl sites for hydroxylation is 2. The summed E-state index contributed by atoms with van der Waals surface area (Å²) >= 11 is 0. The Balaban J connectivity index is 1.93. The van der Waals surface area contributed by atoms with Crippen molar-refractivity contribution in [3.63, 3.8) is 0 Å². The first-order valence-corrected chi connectivity index (χ1v) is 6.90. The first kappa shape index (κ1) is 15.0. The Kier molecular flexibility index (Phi) is 4.57. The summed E-state index contributed by atoms with van der Waals surface area (Å²) < 4.78 is 2.02. The fourth-order valence-electron chi connectivity index (χ4n) is 2.16. The van der Waals surface area contributed by atoms with Gasteiger partial charge in [-0.05, 0) is 24.6 Å². The van der Waals surface area contributed by atoms with E-state index in [4.69, 9.17) is 0 Å². The maximum Gasteiger partial charge on any atom is 0.224 e. The van der Waals surface area contributed by atoms with Crippen LogP contribution in [0.1, 0.15) is 18.3 Å². The minimum Gasteiger partial charge on any atom is -0.355 e. The van der Waals surface area contributed by atoms with Crippen molar-refractivity contribution in [2.45, 2.75) is 20.3 Å². The van der Waals surface area contributed by atoms with Crippen molar-refractivity contribution >= 4 is 22.8 Å². The van der Waals surface area contributed by atoms with Crippen LogP contribution in [-0.2, 0) is 23.1 Å². The summed E-state index contributed by atoms with van der Waals surface area (Å²) in [4.78, 5) is 27.0. The molecule has 1 aromatic carbocycles. The Labute approximate surface area is 123 Å². The monoisotopic (exact) mass is 288 g/mol. The van der Waals surface area contributed by atoms with Gasteiger partial charge in [0.25, 0.3) is 0 Å². The van der Waals surface area contributed by atoms with Crippen LogP contribution >= 0.6 is 0 Å². The molecule has 0 atom stereocenters. The van der Waals surface area contributed by atoms with Crippen LogP contribution in [0.15, 0.2) is 18.2 Å². The Bertz CT molecular complexity index is 676. The van der Waals surface area contributed by atoms with Gasteiger partial charge in [0, 0.05) is 27.1 Å². The van der Waals surface area contributed by atoms with E-state index in [2.05, 4.69) is 15.6 Å². The molecule has 0 aliphatic rings. The largest absolute Gasteiger partial charge is 0.355 e. The lowest BCUT2D eigenvalue weighted by atomic mass is 10.1. The summed E-state index contributed by atoms with van der Waals surface area (Å²) in [6, 6.07) is 5.86. The van der Waals surface area contributed by atoms with Gasteiger partial charge in [0.2, 0.25) is 11.8 Å². The number of benzene rings is 1. The lowest BCUT2D eigenvalue weighted by Crippen LogP contribution is -2.34. The number of imidazole rings is 1. The lowest BCUT2D eigenvalue weighted by Gasteiger charge is -2.06. The summed E-state index contributed by atoms with van der Waals surface area (Å²) in [5, 5.41) is 5.40. The number of nitrogens with zero attached hydrogens (tertiary/aromatic N) is 2. The highest BCUT2D eigenvalue weighted by Crippen LogP contribution is 2.16. The molecule has 2 rings (SSSR count). The van der Waals surface area contributed by atoms with Gasteiger partial charge in [-0.3, -0.25) is 9.59 Å². The molecule has 2 aromatic rings. The SMILES string of the molecule is CC(=O)NCCNC(=O)Cc1ccc2c(c1)nc(C)n2C. The number of rotatable bonds is 5. The van der Waals surface area contributed by atoms with E-state index in [1.54, 1.807) is 0 Å². The highest BCUT2D eigenvalue weighted by Gasteiger charge is 2.07. The highest BCUT2D eigenvalue weighted by atomic mass is 16.2. The third-order valence-corrected chi connectivity index (χ3v) is 3.35. The van der Waals surface area contributed by atoms with Crippen LogP contribution in [0.25, 0.3) is 11.0 Å². The zero-order valence-corrected chi connectivity index (χ0v) is 12.6. The highest BCUT2D eigenvalue weighted by molar-refractivity contribution is 5.82. The van der Waals surface area contributed by atoms with Crippen molar-refractivity contribution in [3.8, 4) is 0 Å². The van der Waals surface area contributed by atoms with Crippen LogP contribution < -0.4 is 10.6 Å². The van der Waals surface area contributed by atoms with Crippen molar-refractivity contribution in [3.05, 3.63) is 29.6 Å². The van der Waals surface area contributed by atoms with Crippen molar-refractivity contribution in [2.75, 3.05) is 13.1 Å². The minimum absolute atomic E-state index is 0.0626. The molecule has 0 aliphatic carbocycles. The molecule has 0 radical (unpaired) electrons. The van der Waals surface area contributed by atoms with Gasteiger partial charge in [-0.2, -0.15) is 0 Å². The molecule has 0 fully saturated rings. The average Bonchev–Trinajstić information content (AvgIpc) is 2.70. The molecule has 0 saturated carbocycles. The molecule has 112 valence electrons. The predicted molar refractivity (Wildman–Crippen MR) is 80.8 cm³/mol. The number of hydrogen-bond donors (Lipinski definition) is 2. The summed E-state index contributed by atoms with van der Waals surface area (Å²) in [5.41, 5.74) is 2.89. The maximum absolute atomic E-state index is 11.8. The van der Waals surface area contributed by atoms with Gasteiger partial charge < -0.3 is 15.2 Å². The average molecular weight is 288 g/mol. The third-order valence-electron chi connectivity index (χ3n) is 3.35. The first-order valence-electron chi connectivity index (χ1n) is 6.90. The molecule has 1 heterocycles. The van der Waals surface area contributed by atoms with Gasteiger partial charge in [0.1, 0.15) is 5.82 Å². The number of hydrogen-bond acceptors (Lipinski definition) is 3. The molecule has 6 heteroatoms. The summed E-state index contributed by atoms with van der Waals surface area (Å²) in [6.45, 7) is 4.28. The second-order valence-electron chi connectivity index (χ2n) is 5.05. The topological polar surface area (TPSA) is 76.0 Å². The maximum atomic E-state index is 11.8. The van der Waals surface area contributed by atoms with E-state index in [9.17, 15) is 9.59 Å². The van der Waals surface area contributed by atoms with Crippen molar-refractivity contribution in [1.29, 1.82) is 0 Å². The molecule has 2 amide bonds. The Morgan fingerprint density at radius 2 is 1.95 bits per heavy atom. The summed E-state index contributed by atoms with van der Waals surface area (Å²) in [6.07, 6.45) is 0.311. The second-order valence-corrected chi connectivity index (χ2v) is 5.05. The zero-order chi connectivity index (χ0) is 15.4. The quantitative estimate of drug-likeness (QED) is 0.794. The van der Waals surface area contributed by atoms with Crippen molar-refractivity contribution < 1.29 is 9.59 Å². The Morgan fingerprint density at radius 1 is 1.24 bits per heavy atom. The van der Waals surface area contributed by atoms with E-state index < -0.39 is 0 Å². The van der Waals surface area contributed by atoms with Crippen LogP contribution in [0.5, 0.6) is 0 Å². The number of carbonyl (C=O) groups excluding carboxylic acids is 2. The molecule has 0 spiro atoms. The van der Waals surface area contributed by atoms with E-state index in [-0.39, 0.29) is 11.8 Å². The number of aromatic nitrogens is 2. The van der Waals surface area contributed by atoms with Gasteiger partial charge in [-0.25, -0.2) is 4.98 Å². The standard InChI is InChI=1S/C15H20N4O2/c1-10-18-13-8-12(4-5-14(13)19(10)3)9-15(21)17-7-6-16-11(2)20/h4-5,8H,6-7,9H2,1-3H3,(H,16,20)(H,17,21). The van der Waals surface area contributed by atoms with Gasteiger partial charge in [0.15, 0.2) is 0 Å². The van der Waals surface area contributed by atoms with Crippen LogP contribution in [0.4, 0.5) is 0 Å². The minimum atomic E-state index is -0.0970. The van der Waals surface area contributed by atoms with E-state index in [1.807, 2.05) is 36.7 Å². The molecular formula is C15H20N4O2. The van der Waals surface area contributed by atoms with Crippen LogP contribution in [0, 0.1) is 6.92 Å². The fraction of sp³-hybridized carbons (Fsp3) is 0.400. The molecule has 21 heavy (non-hydrogen) atoms. The Morgan fingerprint density at radius 3 is 2.67 bits per heavy atom. The molecule has 6 nitrogen and oxygen atoms in total. The first-order chi connectivity index (χ1) is 9.97. The third kappa shape index (κ3) is 3.81. The number of carbonyl (C=O) groups is 2. The second kappa shape index (κ2) is 6.39. The number of amides is 2. The summed E-state index contributed by atoms with van der Waals surface area (Å²) in [5.74, 6) is 0.787. The van der Waals surface area contributed by atoms with Gasteiger partial charge in [-0.1, -0.05) is 6.07 Å². The van der Waals surface area contributed by atoms with Gasteiger partial charge >= 0.3 is 0 Å². The lowest BCUT2D eigenvalue weighted by molar-refractivity contribution is -0.121. The molecule has 2 N–H and O–H groups in total. The molecule has 0 bridgehead atoms. The van der Waals surface area contributed by atoms with Crippen LogP contribution in [0.3, 0.4) is 0 Å². The smallest absolute Gasteiger partial charge is 0.224 e. The molecule has 0 saturated heterocycles. The van der Waals surface area contributed by atoms with Crippen LogP contribution in [-0.4, -0.2) is 34.5 Å². The molecular weight excluding hydrogens is 268 g/mol. The molecule has 0 aliphatic heterocycles. The molecule has 1 aromatic heterocycles. The number of fused-ring (bicyclic) bond motifs is 1. The van der Waals surface area contributed by atoms with E-state index in [0.29, 0.717) is 19.5 Å². The normalized spacial score (nSPS) is 10.6. The molecule has 0 unspecified atom stereocenters. The number of nitrogens with one attached hydrogen (secondary N) is 2. The summed E-state index contributed by atoms with van der Waals surface area (Å²) in [7, 11) is 1.97. The van der Waals surface area contributed by atoms with E-state index >= 15 is 0 Å². The van der Waals surface area contributed by atoms with E-state index in [0.717, 1.165) is 22.4 Å². The predicted octanol–water partition coefficient (Wildman–Crippen LogP) is 0.677. The van der Waals surface area contributed by atoms with Gasteiger partial charge in [0.05, 0.1) is 17.5 Å². The van der Waals surface area contributed by atoms with Crippen molar-refractivity contribution in [1.82, 2.24) is 20.2 Å². The van der Waals surface area contributed by atoms with Crippen molar-refractivity contribution in [2.24, 2.45) is 7.05 Å².